The van der Waals surface area contributed by atoms with Gasteiger partial charge in [-0.05, 0) is 48.4 Å². The third kappa shape index (κ3) is 5.00. The molecule has 0 saturated heterocycles. The second-order valence-electron chi connectivity index (χ2n) is 6.89. The van der Waals surface area contributed by atoms with E-state index in [0.29, 0.717) is 27.4 Å². The lowest BCUT2D eigenvalue weighted by Crippen LogP contribution is -2.13. The van der Waals surface area contributed by atoms with E-state index < -0.39 is 10.8 Å². The summed E-state index contributed by atoms with van der Waals surface area (Å²) in [5.41, 5.74) is 0.671. The van der Waals surface area contributed by atoms with Crippen LogP contribution in [0, 0.1) is 16.0 Å². The number of hydrogen-bond acceptors (Lipinski definition) is 6. The molecular weight excluding hydrogens is 392 g/mol. The maximum absolute atomic E-state index is 12.6. The van der Waals surface area contributed by atoms with E-state index in [2.05, 4.69) is 29.1 Å². The van der Waals surface area contributed by atoms with E-state index in [0.717, 1.165) is 12.2 Å². The molecule has 3 aromatic rings. The Hall–Kier alpha value is -3.20. The lowest BCUT2D eigenvalue weighted by molar-refractivity contribution is -0.387. The molecular formula is C20H20N4O4S. The number of aromatic amines is 1. The lowest BCUT2D eigenvalue weighted by atomic mass is 10.1. The molecule has 0 unspecified atom stereocenters. The number of H-pyrrole nitrogens is 1. The van der Waals surface area contributed by atoms with Crippen molar-refractivity contribution < 1.29 is 9.72 Å². The first-order chi connectivity index (χ1) is 13.8. The minimum atomic E-state index is -0.494. The standard InChI is InChI=1S/C20H20N4O4S/c1-12(2)7-8-29-18-6-3-13(9-17(18)24(27)28)19(25)23-14-4-5-16-15(10-14)20(26)22-11-21-16/h3-6,9-12H,7-8H2,1-2H3,(H,23,25)(H,21,22,26). The van der Waals surface area contributed by atoms with Crippen molar-refractivity contribution in [2.75, 3.05) is 11.1 Å². The number of fused-ring (bicyclic) bond motifs is 1. The molecule has 2 aromatic carbocycles. The van der Waals surface area contributed by atoms with Gasteiger partial charge in [-0.15, -0.1) is 11.8 Å². The summed E-state index contributed by atoms with van der Waals surface area (Å²) >= 11 is 1.41. The number of amides is 1. The smallest absolute Gasteiger partial charge is 0.283 e. The van der Waals surface area contributed by atoms with Crippen LogP contribution in [0.2, 0.25) is 0 Å². The van der Waals surface area contributed by atoms with Crippen molar-refractivity contribution in [3.63, 3.8) is 0 Å². The first-order valence-electron chi connectivity index (χ1n) is 9.05. The summed E-state index contributed by atoms with van der Waals surface area (Å²) in [5, 5.41) is 14.5. The van der Waals surface area contributed by atoms with Crippen molar-refractivity contribution in [3.8, 4) is 0 Å². The van der Waals surface area contributed by atoms with Crippen molar-refractivity contribution in [1.82, 2.24) is 9.97 Å². The van der Waals surface area contributed by atoms with Crippen LogP contribution in [0.3, 0.4) is 0 Å². The highest BCUT2D eigenvalue weighted by molar-refractivity contribution is 7.99. The highest BCUT2D eigenvalue weighted by atomic mass is 32.2. The summed E-state index contributed by atoms with van der Waals surface area (Å²) < 4.78 is 0. The molecule has 29 heavy (non-hydrogen) atoms. The maximum atomic E-state index is 12.6. The highest BCUT2D eigenvalue weighted by Crippen LogP contribution is 2.31. The summed E-state index contributed by atoms with van der Waals surface area (Å²) in [4.78, 5) is 42.5. The van der Waals surface area contributed by atoms with Gasteiger partial charge in [0, 0.05) is 17.3 Å². The first kappa shape index (κ1) is 20.5. The van der Waals surface area contributed by atoms with Gasteiger partial charge >= 0.3 is 0 Å². The molecule has 0 aliphatic heterocycles. The maximum Gasteiger partial charge on any atom is 0.283 e. The Bertz CT molecular complexity index is 1130. The van der Waals surface area contributed by atoms with Gasteiger partial charge in [-0.3, -0.25) is 19.7 Å². The third-order valence-electron chi connectivity index (χ3n) is 4.27. The molecule has 0 fully saturated rings. The van der Waals surface area contributed by atoms with Crippen LogP contribution < -0.4 is 10.9 Å². The zero-order chi connectivity index (χ0) is 21.0. The van der Waals surface area contributed by atoms with Gasteiger partial charge in [-0.1, -0.05) is 13.8 Å². The predicted molar refractivity (Wildman–Crippen MR) is 114 cm³/mol. The summed E-state index contributed by atoms with van der Waals surface area (Å²) in [6.45, 7) is 4.19. The van der Waals surface area contributed by atoms with Crippen LogP contribution in [0.25, 0.3) is 10.9 Å². The van der Waals surface area contributed by atoms with Crippen molar-refractivity contribution in [3.05, 3.63) is 68.8 Å². The Labute approximate surface area is 170 Å². The van der Waals surface area contributed by atoms with Crippen LogP contribution in [0.15, 0.2) is 52.4 Å². The van der Waals surface area contributed by atoms with E-state index in [4.69, 9.17) is 0 Å². The van der Waals surface area contributed by atoms with Crippen molar-refractivity contribution in [2.45, 2.75) is 25.2 Å². The Morgan fingerprint density at radius 3 is 2.79 bits per heavy atom. The molecule has 0 bridgehead atoms. The summed E-state index contributed by atoms with van der Waals surface area (Å²) in [6.07, 6.45) is 2.25. The quantitative estimate of drug-likeness (QED) is 0.341. The monoisotopic (exact) mass is 412 g/mol. The fourth-order valence-corrected chi connectivity index (χ4v) is 3.93. The number of nitro groups is 1. The molecule has 3 rings (SSSR count). The van der Waals surface area contributed by atoms with Crippen LogP contribution in [-0.4, -0.2) is 26.6 Å². The third-order valence-corrected chi connectivity index (χ3v) is 5.36. The number of thioether (sulfide) groups is 1. The normalized spacial score (nSPS) is 11.0. The minimum absolute atomic E-state index is 0.0921. The zero-order valence-electron chi connectivity index (χ0n) is 16.0. The van der Waals surface area contributed by atoms with Crippen LogP contribution in [0.4, 0.5) is 11.4 Å². The van der Waals surface area contributed by atoms with Gasteiger partial charge in [0.25, 0.3) is 17.2 Å². The molecule has 0 radical (unpaired) electrons. The topological polar surface area (TPSA) is 118 Å². The molecule has 0 saturated carbocycles. The van der Waals surface area contributed by atoms with Crippen molar-refractivity contribution >= 4 is 39.9 Å². The van der Waals surface area contributed by atoms with Crippen LogP contribution in [0.5, 0.6) is 0 Å². The molecule has 9 heteroatoms. The van der Waals surface area contributed by atoms with Crippen molar-refractivity contribution in [2.24, 2.45) is 5.92 Å². The summed E-state index contributed by atoms with van der Waals surface area (Å²) in [6, 6.07) is 9.21. The molecule has 1 aromatic heterocycles. The van der Waals surface area contributed by atoms with Gasteiger partial charge in [-0.25, -0.2) is 4.98 Å². The molecule has 150 valence electrons. The molecule has 0 aliphatic carbocycles. The Kier molecular flexibility index (Phi) is 6.28. The number of aromatic nitrogens is 2. The van der Waals surface area contributed by atoms with Crippen LogP contribution in [-0.2, 0) is 0 Å². The number of carbonyl (C=O) groups excluding carboxylic acids is 1. The fourth-order valence-electron chi connectivity index (χ4n) is 2.68. The highest BCUT2D eigenvalue weighted by Gasteiger charge is 2.18. The molecule has 0 atom stereocenters. The Balaban J connectivity index is 1.81. The lowest BCUT2D eigenvalue weighted by Gasteiger charge is -2.08. The number of carbonyl (C=O) groups is 1. The number of hydrogen-bond donors (Lipinski definition) is 2. The van der Waals surface area contributed by atoms with Crippen LogP contribution >= 0.6 is 11.8 Å². The van der Waals surface area contributed by atoms with Gasteiger partial charge in [0.2, 0.25) is 0 Å². The van der Waals surface area contributed by atoms with E-state index in [9.17, 15) is 19.7 Å². The number of nitro benzene ring substituents is 1. The fraction of sp³-hybridized carbons (Fsp3) is 0.250. The van der Waals surface area contributed by atoms with Gasteiger partial charge in [0.1, 0.15) is 0 Å². The molecule has 2 N–H and O–H groups in total. The average molecular weight is 412 g/mol. The number of rotatable bonds is 7. The predicted octanol–water partition coefficient (Wildman–Crippen LogP) is 4.22. The number of anilines is 1. The van der Waals surface area contributed by atoms with E-state index in [1.807, 2.05) is 0 Å². The minimum Gasteiger partial charge on any atom is -0.322 e. The van der Waals surface area contributed by atoms with Gasteiger partial charge < -0.3 is 10.3 Å². The largest absolute Gasteiger partial charge is 0.322 e. The van der Waals surface area contributed by atoms with Crippen LogP contribution in [0.1, 0.15) is 30.6 Å². The van der Waals surface area contributed by atoms with Crippen molar-refractivity contribution in [1.29, 1.82) is 0 Å². The van der Waals surface area contributed by atoms with Gasteiger partial charge in [0.05, 0.1) is 27.0 Å². The second kappa shape index (κ2) is 8.87. The molecule has 1 amide bonds. The van der Waals surface area contributed by atoms with E-state index in [1.54, 1.807) is 24.3 Å². The van der Waals surface area contributed by atoms with E-state index in [1.165, 1.54) is 30.2 Å². The Morgan fingerprint density at radius 2 is 2.07 bits per heavy atom. The molecule has 0 spiro atoms. The summed E-state index contributed by atoms with van der Waals surface area (Å²) in [7, 11) is 0. The zero-order valence-corrected chi connectivity index (χ0v) is 16.8. The molecule has 1 heterocycles. The second-order valence-corrected chi connectivity index (χ2v) is 8.03. The summed E-state index contributed by atoms with van der Waals surface area (Å²) in [5.74, 6) is 0.784. The first-order valence-corrected chi connectivity index (χ1v) is 10.0. The van der Waals surface area contributed by atoms with E-state index >= 15 is 0 Å². The van der Waals surface area contributed by atoms with Gasteiger partial charge in [0.15, 0.2) is 0 Å². The average Bonchev–Trinajstić information content (AvgIpc) is 2.68. The number of nitrogens with one attached hydrogen (secondary N) is 2. The molecule has 0 aliphatic rings. The van der Waals surface area contributed by atoms with Gasteiger partial charge in [-0.2, -0.15) is 0 Å². The number of nitrogens with zero attached hydrogens (tertiary/aromatic N) is 2. The Morgan fingerprint density at radius 1 is 1.28 bits per heavy atom. The molecule has 8 nitrogen and oxygen atoms in total. The van der Waals surface area contributed by atoms with E-state index in [-0.39, 0.29) is 16.8 Å². The SMILES string of the molecule is CC(C)CCSc1ccc(C(=O)Nc2ccc3nc[nH]c(=O)c3c2)cc1[N+](=O)[O-]. The number of benzene rings is 2.